The van der Waals surface area contributed by atoms with Gasteiger partial charge in [-0.05, 0) is 31.9 Å². The molecule has 0 aliphatic rings. The summed E-state index contributed by atoms with van der Waals surface area (Å²) < 4.78 is 0. The van der Waals surface area contributed by atoms with Crippen molar-refractivity contribution < 1.29 is 9.90 Å². The van der Waals surface area contributed by atoms with Crippen LogP contribution in [0.2, 0.25) is 0 Å². The molecule has 0 bridgehead atoms. The largest absolute Gasteiger partial charge is 0.507 e. The molecule has 3 nitrogen and oxygen atoms in total. The summed E-state index contributed by atoms with van der Waals surface area (Å²) in [6.45, 7) is 6.51. The van der Waals surface area contributed by atoms with E-state index in [4.69, 9.17) is 11.6 Å². The molecule has 0 heterocycles. The second kappa shape index (κ2) is 7.39. The molecular formula is C15H22ClNO2. The number of hydrogen-bond donors (Lipinski definition) is 1. The highest BCUT2D eigenvalue weighted by molar-refractivity contribution is 6.18. The zero-order chi connectivity index (χ0) is 14.4. The highest BCUT2D eigenvalue weighted by atomic mass is 35.5. The number of alkyl halides is 1. The molecule has 1 aromatic rings. The van der Waals surface area contributed by atoms with E-state index in [1.807, 2.05) is 6.92 Å². The van der Waals surface area contributed by atoms with Crippen LogP contribution >= 0.6 is 11.6 Å². The van der Waals surface area contributed by atoms with Crippen molar-refractivity contribution in [1.29, 1.82) is 0 Å². The summed E-state index contributed by atoms with van der Waals surface area (Å²) in [5.41, 5.74) is 1.31. The molecule has 0 aliphatic carbocycles. The molecule has 0 aromatic heterocycles. The van der Waals surface area contributed by atoms with E-state index in [2.05, 4.69) is 13.8 Å². The van der Waals surface area contributed by atoms with Crippen molar-refractivity contribution in [2.75, 3.05) is 12.4 Å². The maximum atomic E-state index is 12.6. The number of hydrogen-bond acceptors (Lipinski definition) is 2. The van der Waals surface area contributed by atoms with Gasteiger partial charge < -0.3 is 10.0 Å². The number of nitrogens with zero attached hydrogens (tertiary/aromatic N) is 1. The van der Waals surface area contributed by atoms with Gasteiger partial charge in [-0.3, -0.25) is 4.79 Å². The molecule has 1 rings (SSSR count). The molecule has 4 heteroatoms. The molecule has 0 spiro atoms. The number of halogens is 1. The van der Waals surface area contributed by atoms with Gasteiger partial charge in [0.25, 0.3) is 5.91 Å². The van der Waals surface area contributed by atoms with E-state index in [1.54, 1.807) is 23.1 Å². The SMILES string of the molecule is CCC(CC)N(CCCl)C(=O)c1cc(C)ccc1O. The number of benzene rings is 1. The molecule has 0 radical (unpaired) electrons. The number of carbonyl (C=O) groups is 1. The Morgan fingerprint density at radius 2 is 2.00 bits per heavy atom. The average molecular weight is 284 g/mol. The van der Waals surface area contributed by atoms with Crippen molar-refractivity contribution in [1.82, 2.24) is 4.90 Å². The fraction of sp³-hybridized carbons (Fsp3) is 0.533. The summed E-state index contributed by atoms with van der Waals surface area (Å²) in [7, 11) is 0. The van der Waals surface area contributed by atoms with Crippen LogP contribution in [0.25, 0.3) is 0 Å². The monoisotopic (exact) mass is 283 g/mol. The third kappa shape index (κ3) is 3.87. The molecule has 1 aromatic carbocycles. The van der Waals surface area contributed by atoms with Crippen LogP contribution in [0.3, 0.4) is 0 Å². The van der Waals surface area contributed by atoms with Crippen LogP contribution in [-0.4, -0.2) is 34.4 Å². The fourth-order valence-corrected chi connectivity index (χ4v) is 2.43. The van der Waals surface area contributed by atoms with E-state index < -0.39 is 0 Å². The molecule has 0 aliphatic heterocycles. The van der Waals surface area contributed by atoms with Gasteiger partial charge in [0, 0.05) is 18.5 Å². The maximum absolute atomic E-state index is 12.6. The first-order valence-corrected chi connectivity index (χ1v) is 7.25. The number of phenols is 1. The van der Waals surface area contributed by atoms with Crippen LogP contribution in [0.4, 0.5) is 0 Å². The molecule has 1 N–H and O–H groups in total. The number of amides is 1. The van der Waals surface area contributed by atoms with Crippen LogP contribution in [0, 0.1) is 6.92 Å². The Labute approximate surface area is 120 Å². The summed E-state index contributed by atoms with van der Waals surface area (Å²) in [4.78, 5) is 14.3. The standard InChI is InChI=1S/C15H22ClNO2/c1-4-12(5-2)17(9-8-16)15(19)13-10-11(3)6-7-14(13)18/h6-7,10,12,18H,4-5,8-9H2,1-3H3. The van der Waals surface area contributed by atoms with Crippen molar-refractivity contribution in [3.63, 3.8) is 0 Å². The Morgan fingerprint density at radius 3 is 2.53 bits per heavy atom. The number of carbonyl (C=O) groups excluding carboxylic acids is 1. The smallest absolute Gasteiger partial charge is 0.257 e. The Bertz CT molecular complexity index is 430. The van der Waals surface area contributed by atoms with Crippen LogP contribution in [0.1, 0.15) is 42.6 Å². The minimum absolute atomic E-state index is 0.0288. The molecule has 19 heavy (non-hydrogen) atoms. The van der Waals surface area contributed by atoms with E-state index in [-0.39, 0.29) is 17.7 Å². The van der Waals surface area contributed by atoms with Gasteiger partial charge in [-0.25, -0.2) is 0 Å². The van der Waals surface area contributed by atoms with Crippen LogP contribution in [-0.2, 0) is 0 Å². The molecule has 1 amide bonds. The van der Waals surface area contributed by atoms with Crippen LogP contribution in [0.15, 0.2) is 18.2 Å². The number of phenolic OH excluding ortho intramolecular Hbond substituents is 1. The molecule has 0 fully saturated rings. The van der Waals surface area contributed by atoms with Gasteiger partial charge in [-0.2, -0.15) is 0 Å². The Kier molecular flexibility index (Phi) is 6.16. The van der Waals surface area contributed by atoms with E-state index >= 15 is 0 Å². The minimum Gasteiger partial charge on any atom is -0.507 e. The second-order valence-corrected chi connectivity index (χ2v) is 5.06. The van der Waals surface area contributed by atoms with Gasteiger partial charge in [0.2, 0.25) is 0 Å². The molecule has 0 saturated heterocycles. The first kappa shape index (κ1) is 15.8. The molecule has 0 atom stereocenters. The lowest BCUT2D eigenvalue weighted by atomic mass is 10.1. The summed E-state index contributed by atoms with van der Waals surface area (Å²) in [6.07, 6.45) is 1.76. The summed E-state index contributed by atoms with van der Waals surface area (Å²) in [6, 6.07) is 5.23. The predicted molar refractivity (Wildman–Crippen MR) is 79.0 cm³/mol. The minimum atomic E-state index is -0.143. The lowest BCUT2D eigenvalue weighted by Gasteiger charge is -2.30. The molecular weight excluding hydrogens is 262 g/mol. The highest BCUT2D eigenvalue weighted by Crippen LogP contribution is 2.22. The van der Waals surface area contributed by atoms with Crippen molar-refractivity contribution >= 4 is 17.5 Å². The number of aryl methyl sites for hydroxylation is 1. The van der Waals surface area contributed by atoms with Gasteiger partial charge in [-0.15, -0.1) is 11.6 Å². The number of rotatable bonds is 6. The Morgan fingerprint density at radius 1 is 1.37 bits per heavy atom. The second-order valence-electron chi connectivity index (χ2n) is 4.68. The first-order chi connectivity index (χ1) is 9.04. The zero-order valence-electron chi connectivity index (χ0n) is 11.8. The van der Waals surface area contributed by atoms with Crippen molar-refractivity contribution in [2.45, 2.75) is 39.7 Å². The molecule has 106 valence electrons. The van der Waals surface area contributed by atoms with E-state index in [1.165, 1.54) is 0 Å². The van der Waals surface area contributed by atoms with Gasteiger partial charge in [0.15, 0.2) is 0 Å². The Hall–Kier alpha value is -1.22. The summed E-state index contributed by atoms with van der Waals surface area (Å²) in [5, 5.41) is 9.87. The predicted octanol–water partition coefficient (Wildman–Crippen LogP) is 3.57. The van der Waals surface area contributed by atoms with E-state index in [0.29, 0.717) is 18.0 Å². The van der Waals surface area contributed by atoms with Gasteiger partial charge in [-0.1, -0.05) is 25.5 Å². The maximum Gasteiger partial charge on any atom is 0.257 e. The summed E-state index contributed by atoms with van der Waals surface area (Å²) >= 11 is 5.80. The van der Waals surface area contributed by atoms with Gasteiger partial charge >= 0.3 is 0 Å². The quantitative estimate of drug-likeness (QED) is 0.811. The molecule has 0 unspecified atom stereocenters. The van der Waals surface area contributed by atoms with E-state index in [9.17, 15) is 9.90 Å². The first-order valence-electron chi connectivity index (χ1n) is 6.71. The number of aromatic hydroxyl groups is 1. The van der Waals surface area contributed by atoms with Gasteiger partial charge in [0.1, 0.15) is 5.75 Å². The highest BCUT2D eigenvalue weighted by Gasteiger charge is 2.23. The van der Waals surface area contributed by atoms with Crippen molar-refractivity contribution in [2.24, 2.45) is 0 Å². The third-order valence-electron chi connectivity index (χ3n) is 3.35. The Balaban J connectivity index is 3.08. The average Bonchev–Trinajstić information content (AvgIpc) is 2.41. The third-order valence-corrected chi connectivity index (χ3v) is 3.52. The normalized spacial score (nSPS) is 10.8. The lowest BCUT2D eigenvalue weighted by Crippen LogP contribution is -2.41. The van der Waals surface area contributed by atoms with Crippen molar-refractivity contribution in [3.05, 3.63) is 29.3 Å². The zero-order valence-corrected chi connectivity index (χ0v) is 12.6. The lowest BCUT2D eigenvalue weighted by molar-refractivity contribution is 0.0678. The summed E-state index contributed by atoms with van der Waals surface area (Å²) in [5.74, 6) is 0.283. The van der Waals surface area contributed by atoms with Crippen LogP contribution in [0.5, 0.6) is 5.75 Å². The topological polar surface area (TPSA) is 40.5 Å². The van der Waals surface area contributed by atoms with Gasteiger partial charge in [0.05, 0.1) is 5.56 Å². The van der Waals surface area contributed by atoms with Crippen molar-refractivity contribution in [3.8, 4) is 5.75 Å². The van der Waals surface area contributed by atoms with E-state index in [0.717, 1.165) is 18.4 Å². The van der Waals surface area contributed by atoms with Crippen LogP contribution < -0.4 is 0 Å². The molecule has 0 saturated carbocycles. The fourth-order valence-electron chi connectivity index (χ4n) is 2.25.